The van der Waals surface area contributed by atoms with Crippen LogP contribution in [0.15, 0.2) is 24.3 Å². The van der Waals surface area contributed by atoms with Gasteiger partial charge in [0.2, 0.25) is 0 Å². The molecule has 15 heavy (non-hydrogen) atoms. The molecule has 0 spiro atoms. The van der Waals surface area contributed by atoms with Crippen molar-refractivity contribution in [3.05, 3.63) is 34.9 Å². The van der Waals surface area contributed by atoms with E-state index in [1.807, 2.05) is 12.1 Å². The maximum atomic E-state index is 5.91. The summed E-state index contributed by atoms with van der Waals surface area (Å²) in [5.74, 6) is 0. The van der Waals surface area contributed by atoms with Crippen LogP contribution in [0.25, 0.3) is 0 Å². The Kier molecular flexibility index (Phi) is 3.03. The third-order valence-electron chi connectivity index (χ3n) is 3.69. The average Bonchev–Trinajstić information content (AvgIpc) is 2.62. The molecular formula is C13H18ClN. The van der Waals surface area contributed by atoms with Gasteiger partial charge in [-0.05, 0) is 49.4 Å². The second-order valence-corrected chi connectivity index (χ2v) is 5.23. The first-order valence-corrected chi connectivity index (χ1v) is 5.95. The highest BCUT2D eigenvalue weighted by Gasteiger charge is 2.35. The Balaban J connectivity index is 2.20. The minimum atomic E-state index is 0.332. The number of hydrogen-bond acceptors (Lipinski definition) is 1. The standard InChI is InChI=1S/C13H18ClN/c1-13(8-7-12(9-13)15-2)10-3-5-11(14)6-4-10/h3-6,12,15H,7-9H2,1-2H3. The number of nitrogens with one attached hydrogen (secondary N) is 1. The SMILES string of the molecule is CNC1CCC(C)(c2ccc(Cl)cc2)C1. The van der Waals surface area contributed by atoms with E-state index in [0.717, 1.165) is 5.02 Å². The molecule has 2 unspecified atom stereocenters. The van der Waals surface area contributed by atoms with Gasteiger partial charge in [-0.3, -0.25) is 0 Å². The normalized spacial score (nSPS) is 30.7. The zero-order chi connectivity index (χ0) is 10.9. The molecule has 0 aromatic heterocycles. The molecule has 82 valence electrons. The van der Waals surface area contributed by atoms with Crippen LogP contribution in [0.1, 0.15) is 31.7 Å². The number of hydrogen-bond donors (Lipinski definition) is 1. The van der Waals surface area contributed by atoms with E-state index in [1.54, 1.807) is 0 Å². The molecule has 2 heteroatoms. The molecule has 0 amide bonds. The average molecular weight is 224 g/mol. The van der Waals surface area contributed by atoms with Gasteiger partial charge in [-0.25, -0.2) is 0 Å². The largest absolute Gasteiger partial charge is 0.317 e. The van der Waals surface area contributed by atoms with Crippen LogP contribution in [-0.2, 0) is 5.41 Å². The van der Waals surface area contributed by atoms with E-state index in [4.69, 9.17) is 11.6 Å². The third kappa shape index (κ3) is 2.19. The lowest BCUT2D eigenvalue weighted by Crippen LogP contribution is -2.25. The van der Waals surface area contributed by atoms with Crippen LogP contribution in [0.3, 0.4) is 0 Å². The molecule has 0 radical (unpaired) electrons. The van der Waals surface area contributed by atoms with E-state index in [0.29, 0.717) is 11.5 Å². The Bertz CT molecular complexity index is 333. The first-order valence-electron chi connectivity index (χ1n) is 5.57. The van der Waals surface area contributed by atoms with E-state index in [1.165, 1.54) is 24.8 Å². The molecular weight excluding hydrogens is 206 g/mol. The van der Waals surface area contributed by atoms with Gasteiger partial charge in [-0.15, -0.1) is 0 Å². The van der Waals surface area contributed by atoms with Crippen LogP contribution < -0.4 is 5.32 Å². The second kappa shape index (κ2) is 4.15. The third-order valence-corrected chi connectivity index (χ3v) is 3.94. The lowest BCUT2D eigenvalue weighted by Gasteiger charge is -2.25. The van der Waals surface area contributed by atoms with Crippen LogP contribution in [0, 0.1) is 0 Å². The zero-order valence-electron chi connectivity index (χ0n) is 9.39. The quantitative estimate of drug-likeness (QED) is 0.811. The smallest absolute Gasteiger partial charge is 0.0406 e. The van der Waals surface area contributed by atoms with Crippen LogP contribution in [0.4, 0.5) is 0 Å². The summed E-state index contributed by atoms with van der Waals surface area (Å²) in [6.45, 7) is 2.35. The minimum Gasteiger partial charge on any atom is -0.317 e. The van der Waals surface area contributed by atoms with Crippen LogP contribution in [0.5, 0.6) is 0 Å². The number of rotatable bonds is 2. The summed E-state index contributed by atoms with van der Waals surface area (Å²) >= 11 is 5.91. The topological polar surface area (TPSA) is 12.0 Å². The highest BCUT2D eigenvalue weighted by atomic mass is 35.5. The fourth-order valence-electron chi connectivity index (χ4n) is 2.60. The van der Waals surface area contributed by atoms with Gasteiger partial charge in [0.15, 0.2) is 0 Å². The molecule has 1 fully saturated rings. The highest BCUT2D eigenvalue weighted by Crippen LogP contribution is 2.40. The van der Waals surface area contributed by atoms with Crippen molar-refractivity contribution in [3.63, 3.8) is 0 Å². The molecule has 1 nitrogen and oxygen atoms in total. The summed E-state index contributed by atoms with van der Waals surface area (Å²) in [6.07, 6.45) is 3.76. The van der Waals surface area contributed by atoms with Gasteiger partial charge >= 0.3 is 0 Å². The Labute approximate surface area is 96.8 Å². The predicted octanol–water partition coefficient (Wildman–Crippen LogP) is 3.37. The number of halogens is 1. The number of benzene rings is 1. The summed E-state index contributed by atoms with van der Waals surface area (Å²) in [5.41, 5.74) is 1.75. The summed E-state index contributed by atoms with van der Waals surface area (Å²) in [7, 11) is 2.05. The molecule has 1 N–H and O–H groups in total. The monoisotopic (exact) mass is 223 g/mol. The van der Waals surface area contributed by atoms with Crippen LogP contribution in [0.2, 0.25) is 5.02 Å². The van der Waals surface area contributed by atoms with Crippen molar-refractivity contribution >= 4 is 11.6 Å². The molecule has 1 aromatic rings. The van der Waals surface area contributed by atoms with Crippen molar-refractivity contribution in [2.45, 2.75) is 37.6 Å². The van der Waals surface area contributed by atoms with Gasteiger partial charge in [-0.2, -0.15) is 0 Å². The fraction of sp³-hybridized carbons (Fsp3) is 0.538. The molecule has 1 aliphatic carbocycles. The molecule has 2 atom stereocenters. The van der Waals surface area contributed by atoms with Crippen molar-refractivity contribution in [1.29, 1.82) is 0 Å². The van der Waals surface area contributed by atoms with Crippen molar-refractivity contribution in [1.82, 2.24) is 5.32 Å². The molecule has 0 heterocycles. The first-order chi connectivity index (χ1) is 7.14. The van der Waals surface area contributed by atoms with Gasteiger partial charge in [-0.1, -0.05) is 30.7 Å². The van der Waals surface area contributed by atoms with Gasteiger partial charge in [0.1, 0.15) is 0 Å². The van der Waals surface area contributed by atoms with E-state index in [9.17, 15) is 0 Å². The summed E-state index contributed by atoms with van der Waals surface area (Å²) < 4.78 is 0. The molecule has 0 saturated heterocycles. The van der Waals surface area contributed by atoms with Gasteiger partial charge < -0.3 is 5.32 Å². The Hall–Kier alpha value is -0.530. The Morgan fingerprint density at radius 2 is 2.00 bits per heavy atom. The highest BCUT2D eigenvalue weighted by molar-refractivity contribution is 6.30. The maximum Gasteiger partial charge on any atom is 0.0406 e. The van der Waals surface area contributed by atoms with E-state index in [2.05, 4.69) is 31.4 Å². The molecule has 1 aliphatic rings. The maximum absolute atomic E-state index is 5.91. The van der Waals surface area contributed by atoms with Crippen molar-refractivity contribution in [2.75, 3.05) is 7.05 Å². The predicted molar refractivity (Wildman–Crippen MR) is 65.5 cm³/mol. The van der Waals surface area contributed by atoms with Gasteiger partial charge in [0.05, 0.1) is 0 Å². The summed E-state index contributed by atoms with van der Waals surface area (Å²) in [5, 5.41) is 4.20. The lowest BCUT2D eigenvalue weighted by atomic mass is 9.81. The Morgan fingerprint density at radius 3 is 2.53 bits per heavy atom. The van der Waals surface area contributed by atoms with Gasteiger partial charge in [0.25, 0.3) is 0 Å². The first kappa shape index (κ1) is 11.0. The van der Waals surface area contributed by atoms with Crippen molar-refractivity contribution in [2.24, 2.45) is 0 Å². The lowest BCUT2D eigenvalue weighted by molar-refractivity contribution is 0.467. The van der Waals surface area contributed by atoms with Crippen LogP contribution in [-0.4, -0.2) is 13.1 Å². The van der Waals surface area contributed by atoms with E-state index >= 15 is 0 Å². The van der Waals surface area contributed by atoms with Crippen molar-refractivity contribution < 1.29 is 0 Å². The molecule has 1 saturated carbocycles. The van der Waals surface area contributed by atoms with E-state index < -0.39 is 0 Å². The Morgan fingerprint density at radius 1 is 1.33 bits per heavy atom. The minimum absolute atomic E-state index is 0.332. The summed E-state index contributed by atoms with van der Waals surface area (Å²) in [4.78, 5) is 0. The van der Waals surface area contributed by atoms with E-state index in [-0.39, 0.29) is 0 Å². The van der Waals surface area contributed by atoms with Crippen LogP contribution >= 0.6 is 11.6 Å². The molecule has 0 bridgehead atoms. The zero-order valence-corrected chi connectivity index (χ0v) is 10.1. The fourth-order valence-corrected chi connectivity index (χ4v) is 2.73. The van der Waals surface area contributed by atoms with Gasteiger partial charge in [0, 0.05) is 11.1 Å². The second-order valence-electron chi connectivity index (χ2n) is 4.80. The summed E-state index contributed by atoms with van der Waals surface area (Å²) in [6, 6.07) is 9.00. The molecule has 2 rings (SSSR count). The molecule has 0 aliphatic heterocycles. The van der Waals surface area contributed by atoms with Crippen molar-refractivity contribution in [3.8, 4) is 0 Å². The molecule has 1 aromatic carbocycles.